The van der Waals surface area contributed by atoms with Gasteiger partial charge in [-0.1, -0.05) is 22.0 Å². The van der Waals surface area contributed by atoms with Crippen molar-refractivity contribution in [3.05, 3.63) is 28.2 Å². The summed E-state index contributed by atoms with van der Waals surface area (Å²) in [4.78, 5) is 2.46. The number of nitrogens with two attached hydrogens (primary N) is 1. The number of halogens is 1. The third kappa shape index (κ3) is 3.25. The lowest BCUT2D eigenvalue weighted by molar-refractivity contribution is 0.161. The highest BCUT2D eigenvalue weighted by atomic mass is 79.9. The van der Waals surface area contributed by atoms with Crippen molar-refractivity contribution in [2.75, 3.05) is 38.3 Å². The van der Waals surface area contributed by atoms with Gasteiger partial charge in [0.05, 0.1) is 6.61 Å². The molecule has 1 aromatic carbocycles. The number of rotatable bonds is 5. The number of hydrogen-bond acceptors (Lipinski definition) is 3. The molecular weight excluding hydrogens is 292 g/mol. The first-order chi connectivity index (χ1) is 8.74. The maximum Gasteiger partial charge on any atom is 0.0508 e. The monoisotopic (exact) mass is 312 g/mol. The number of nitrogens with zero attached hydrogens (tertiary/aromatic N) is 1. The first-order valence-electron chi connectivity index (χ1n) is 6.47. The Morgan fingerprint density at radius 2 is 2.33 bits per heavy atom. The average Bonchev–Trinajstić information content (AvgIpc) is 2.81. The van der Waals surface area contributed by atoms with E-state index in [0.29, 0.717) is 12.5 Å². The van der Waals surface area contributed by atoms with E-state index in [9.17, 15) is 0 Å². The predicted molar refractivity (Wildman–Crippen MR) is 79.1 cm³/mol. The van der Waals surface area contributed by atoms with Crippen molar-refractivity contribution >= 4 is 21.6 Å². The summed E-state index contributed by atoms with van der Waals surface area (Å²) in [6.07, 6.45) is 2.15. The van der Waals surface area contributed by atoms with Gasteiger partial charge in [0.2, 0.25) is 0 Å². The number of anilines is 1. The second-order valence-corrected chi connectivity index (χ2v) is 5.78. The molecule has 0 aliphatic carbocycles. The fraction of sp³-hybridized carbons (Fsp3) is 0.571. The molecule has 2 N–H and O–H groups in total. The molecule has 0 radical (unpaired) electrons. The molecule has 0 saturated carbocycles. The van der Waals surface area contributed by atoms with E-state index in [1.54, 1.807) is 7.11 Å². The zero-order valence-corrected chi connectivity index (χ0v) is 12.4. The van der Waals surface area contributed by atoms with Crippen LogP contribution in [0.25, 0.3) is 0 Å². The highest BCUT2D eigenvalue weighted by molar-refractivity contribution is 9.10. The zero-order valence-electron chi connectivity index (χ0n) is 10.9. The van der Waals surface area contributed by atoms with Gasteiger partial charge in [0.15, 0.2) is 0 Å². The molecule has 1 aliphatic heterocycles. The first kappa shape index (κ1) is 13.8. The Labute approximate surface area is 117 Å². The summed E-state index contributed by atoms with van der Waals surface area (Å²) in [6, 6.07) is 6.48. The van der Waals surface area contributed by atoms with Gasteiger partial charge >= 0.3 is 0 Å². The summed E-state index contributed by atoms with van der Waals surface area (Å²) in [5, 5.41) is 0. The van der Waals surface area contributed by atoms with E-state index >= 15 is 0 Å². The van der Waals surface area contributed by atoms with Crippen molar-refractivity contribution in [1.29, 1.82) is 0 Å². The largest absolute Gasteiger partial charge is 0.384 e. The second-order valence-electron chi connectivity index (χ2n) is 4.87. The molecule has 4 heteroatoms. The maximum absolute atomic E-state index is 5.69. The SMILES string of the molecule is COCC1CCN(c2cc(Br)ccc2CCN)C1. The summed E-state index contributed by atoms with van der Waals surface area (Å²) in [5.74, 6) is 0.653. The van der Waals surface area contributed by atoms with E-state index in [2.05, 4.69) is 39.0 Å². The Balaban J connectivity index is 2.14. The first-order valence-corrected chi connectivity index (χ1v) is 7.26. The average molecular weight is 313 g/mol. The minimum atomic E-state index is 0.653. The van der Waals surface area contributed by atoms with Crippen LogP contribution in [-0.2, 0) is 11.2 Å². The van der Waals surface area contributed by atoms with Crippen molar-refractivity contribution in [3.8, 4) is 0 Å². The van der Waals surface area contributed by atoms with E-state index < -0.39 is 0 Å². The minimum absolute atomic E-state index is 0.653. The molecule has 18 heavy (non-hydrogen) atoms. The zero-order chi connectivity index (χ0) is 13.0. The standard InChI is InChI=1S/C14H21BrN2O/c1-18-10-11-5-7-17(9-11)14-8-13(15)3-2-12(14)4-6-16/h2-3,8,11H,4-7,9-10,16H2,1H3. The molecule has 1 saturated heterocycles. The van der Waals surface area contributed by atoms with Crippen LogP contribution >= 0.6 is 15.9 Å². The number of ether oxygens (including phenoxy) is 1. The van der Waals surface area contributed by atoms with Crippen LogP contribution in [0.3, 0.4) is 0 Å². The van der Waals surface area contributed by atoms with Gasteiger partial charge in [0.25, 0.3) is 0 Å². The summed E-state index contributed by atoms with van der Waals surface area (Å²) in [7, 11) is 1.78. The van der Waals surface area contributed by atoms with Gasteiger partial charge in [-0.25, -0.2) is 0 Å². The summed E-state index contributed by atoms with van der Waals surface area (Å²) < 4.78 is 6.39. The summed E-state index contributed by atoms with van der Waals surface area (Å²) >= 11 is 3.56. The molecule has 3 nitrogen and oxygen atoms in total. The molecule has 100 valence electrons. The molecule has 0 amide bonds. The molecule has 1 fully saturated rings. The maximum atomic E-state index is 5.69. The molecule has 1 aromatic rings. The van der Waals surface area contributed by atoms with Gasteiger partial charge in [0.1, 0.15) is 0 Å². The van der Waals surface area contributed by atoms with Gasteiger partial charge in [0, 0.05) is 36.3 Å². The van der Waals surface area contributed by atoms with Gasteiger partial charge in [-0.3, -0.25) is 0 Å². The van der Waals surface area contributed by atoms with Gasteiger partial charge in [-0.05, 0) is 37.1 Å². The Bertz CT molecular complexity index is 397. The van der Waals surface area contributed by atoms with Crippen molar-refractivity contribution in [2.24, 2.45) is 11.7 Å². The lowest BCUT2D eigenvalue weighted by Crippen LogP contribution is -2.22. The third-order valence-corrected chi connectivity index (χ3v) is 3.98. The molecule has 1 atom stereocenters. The van der Waals surface area contributed by atoms with Crippen LogP contribution in [0.2, 0.25) is 0 Å². The quantitative estimate of drug-likeness (QED) is 0.907. The Kier molecular flexibility index (Phi) is 5.03. The highest BCUT2D eigenvalue weighted by Crippen LogP contribution is 2.30. The summed E-state index contributed by atoms with van der Waals surface area (Å²) in [6.45, 7) is 3.75. The van der Waals surface area contributed by atoms with E-state index in [-0.39, 0.29) is 0 Å². The smallest absolute Gasteiger partial charge is 0.0508 e. The lowest BCUT2D eigenvalue weighted by Gasteiger charge is -2.22. The van der Waals surface area contributed by atoms with Crippen LogP contribution in [0.4, 0.5) is 5.69 Å². The van der Waals surface area contributed by atoms with Crippen molar-refractivity contribution in [2.45, 2.75) is 12.8 Å². The fourth-order valence-electron chi connectivity index (χ4n) is 2.62. The third-order valence-electron chi connectivity index (χ3n) is 3.49. The van der Waals surface area contributed by atoms with Crippen LogP contribution < -0.4 is 10.6 Å². The normalized spacial score (nSPS) is 19.5. The summed E-state index contributed by atoms with van der Waals surface area (Å²) in [5.41, 5.74) is 8.36. The van der Waals surface area contributed by atoms with Gasteiger partial charge in [-0.15, -0.1) is 0 Å². The molecule has 1 heterocycles. The molecule has 2 rings (SSSR count). The molecule has 1 aliphatic rings. The molecule has 1 unspecified atom stereocenters. The van der Waals surface area contributed by atoms with Crippen LogP contribution in [-0.4, -0.2) is 33.4 Å². The number of benzene rings is 1. The lowest BCUT2D eigenvalue weighted by atomic mass is 10.1. The van der Waals surface area contributed by atoms with Gasteiger partial charge < -0.3 is 15.4 Å². The van der Waals surface area contributed by atoms with Crippen LogP contribution in [0.1, 0.15) is 12.0 Å². The van der Waals surface area contributed by atoms with Crippen LogP contribution in [0, 0.1) is 5.92 Å². The highest BCUT2D eigenvalue weighted by Gasteiger charge is 2.24. The van der Waals surface area contributed by atoms with E-state index in [4.69, 9.17) is 10.5 Å². The van der Waals surface area contributed by atoms with E-state index in [1.165, 1.54) is 17.7 Å². The van der Waals surface area contributed by atoms with Crippen molar-refractivity contribution < 1.29 is 4.74 Å². The minimum Gasteiger partial charge on any atom is -0.384 e. The Morgan fingerprint density at radius 3 is 3.06 bits per heavy atom. The van der Waals surface area contributed by atoms with Gasteiger partial charge in [-0.2, -0.15) is 0 Å². The molecule has 0 bridgehead atoms. The second kappa shape index (κ2) is 6.55. The Morgan fingerprint density at radius 1 is 1.50 bits per heavy atom. The molecular formula is C14H21BrN2O. The topological polar surface area (TPSA) is 38.5 Å². The van der Waals surface area contributed by atoms with Crippen molar-refractivity contribution in [1.82, 2.24) is 0 Å². The molecule has 0 spiro atoms. The predicted octanol–water partition coefficient (Wildman–Crippen LogP) is 2.42. The van der Waals surface area contributed by atoms with Crippen LogP contribution in [0.15, 0.2) is 22.7 Å². The van der Waals surface area contributed by atoms with Crippen molar-refractivity contribution in [3.63, 3.8) is 0 Å². The number of hydrogen-bond donors (Lipinski definition) is 1. The fourth-order valence-corrected chi connectivity index (χ4v) is 2.97. The van der Waals surface area contributed by atoms with Crippen LogP contribution in [0.5, 0.6) is 0 Å². The Hall–Kier alpha value is -0.580. The number of methoxy groups -OCH3 is 1. The van der Waals surface area contributed by atoms with E-state index in [0.717, 1.165) is 30.6 Å². The van der Waals surface area contributed by atoms with E-state index in [1.807, 2.05) is 0 Å². The molecule has 0 aromatic heterocycles.